The molecule has 1 aromatic heterocycles. The number of aromatic nitrogens is 1. The maximum Gasteiger partial charge on any atom is 0.0778 e. The van der Waals surface area contributed by atoms with Gasteiger partial charge in [0.1, 0.15) is 0 Å². The minimum Gasteiger partial charge on any atom is -0.369 e. The van der Waals surface area contributed by atoms with E-state index >= 15 is 0 Å². The molecular weight excluding hydrogens is 176 g/mol. The van der Waals surface area contributed by atoms with Crippen LogP contribution in [0.4, 0.5) is 0 Å². The highest BCUT2D eigenvalue weighted by Crippen LogP contribution is 2.15. The highest BCUT2D eigenvalue weighted by Gasteiger charge is 2.20. The van der Waals surface area contributed by atoms with Gasteiger partial charge in [-0.1, -0.05) is 6.92 Å². The van der Waals surface area contributed by atoms with Gasteiger partial charge in [-0.15, -0.1) is 0 Å². The fourth-order valence-electron chi connectivity index (χ4n) is 1.04. The number of ether oxygens (including phenoxy) is 1. The summed E-state index contributed by atoms with van der Waals surface area (Å²) in [6.07, 6.45) is 4.46. The Bertz CT molecular complexity index is 257. The Hall–Kier alpha value is -0.930. The highest BCUT2D eigenvalue weighted by molar-refractivity contribution is 5.08. The van der Waals surface area contributed by atoms with Gasteiger partial charge in [-0.3, -0.25) is 4.98 Å². The first-order valence-electron chi connectivity index (χ1n) is 4.93. The summed E-state index contributed by atoms with van der Waals surface area (Å²) in [5.41, 5.74) is 6.57. The van der Waals surface area contributed by atoms with Crippen molar-refractivity contribution in [2.45, 2.75) is 32.5 Å². The van der Waals surface area contributed by atoms with Crippen molar-refractivity contribution in [3.63, 3.8) is 0 Å². The van der Waals surface area contributed by atoms with E-state index in [0.29, 0.717) is 13.2 Å². The lowest BCUT2D eigenvalue weighted by Gasteiger charge is -2.26. The van der Waals surface area contributed by atoms with Crippen LogP contribution < -0.4 is 5.73 Å². The van der Waals surface area contributed by atoms with E-state index in [9.17, 15) is 0 Å². The van der Waals surface area contributed by atoms with Gasteiger partial charge in [-0.2, -0.15) is 0 Å². The van der Waals surface area contributed by atoms with Gasteiger partial charge < -0.3 is 10.5 Å². The summed E-state index contributed by atoms with van der Waals surface area (Å²) in [5.74, 6) is 0. The first-order valence-corrected chi connectivity index (χ1v) is 4.93. The summed E-state index contributed by atoms with van der Waals surface area (Å²) in [7, 11) is 0. The molecule has 0 saturated carbocycles. The summed E-state index contributed by atoms with van der Waals surface area (Å²) in [5, 5.41) is 0. The van der Waals surface area contributed by atoms with Gasteiger partial charge in [0.05, 0.1) is 12.2 Å². The van der Waals surface area contributed by atoms with Gasteiger partial charge in [0.2, 0.25) is 0 Å². The molecule has 0 fully saturated rings. The van der Waals surface area contributed by atoms with Crippen molar-refractivity contribution in [1.82, 2.24) is 4.98 Å². The van der Waals surface area contributed by atoms with E-state index in [-0.39, 0.29) is 5.60 Å². The molecule has 1 heterocycles. The zero-order chi connectivity index (χ0) is 10.4. The summed E-state index contributed by atoms with van der Waals surface area (Å²) >= 11 is 0. The molecule has 0 saturated heterocycles. The van der Waals surface area contributed by atoms with Crippen molar-refractivity contribution in [1.29, 1.82) is 0 Å². The minimum absolute atomic E-state index is 0.205. The standard InChI is InChI=1S/C11H18N2O/c1-3-11(2,9-12)14-8-10-4-6-13-7-5-10/h4-7H,3,8-9,12H2,1-2H3. The molecule has 1 atom stereocenters. The summed E-state index contributed by atoms with van der Waals surface area (Å²) in [6.45, 7) is 5.27. The topological polar surface area (TPSA) is 48.1 Å². The number of hydrogen-bond acceptors (Lipinski definition) is 3. The highest BCUT2D eigenvalue weighted by atomic mass is 16.5. The van der Waals surface area contributed by atoms with E-state index in [0.717, 1.165) is 12.0 Å². The third kappa shape index (κ3) is 3.09. The van der Waals surface area contributed by atoms with Crippen LogP contribution in [0, 0.1) is 0 Å². The van der Waals surface area contributed by atoms with Gasteiger partial charge in [0.15, 0.2) is 0 Å². The third-order valence-corrected chi connectivity index (χ3v) is 2.52. The average molecular weight is 194 g/mol. The van der Waals surface area contributed by atoms with Crippen molar-refractivity contribution in [3.8, 4) is 0 Å². The predicted octanol–water partition coefficient (Wildman–Crippen LogP) is 1.73. The number of rotatable bonds is 5. The lowest BCUT2D eigenvalue weighted by molar-refractivity contribution is -0.0388. The molecule has 3 heteroatoms. The molecule has 0 aliphatic rings. The summed E-state index contributed by atoms with van der Waals surface area (Å²) in [6, 6.07) is 3.90. The molecule has 1 unspecified atom stereocenters. The van der Waals surface area contributed by atoms with Crippen LogP contribution in [0.2, 0.25) is 0 Å². The van der Waals surface area contributed by atoms with Crippen LogP contribution in [-0.4, -0.2) is 17.1 Å². The quantitative estimate of drug-likeness (QED) is 0.776. The SMILES string of the molecule is CCC(C)(CN)OCc1ccncc1. The largest absolute Gasteiger partial charge is 0.369 e. The number of hydrogen-bond donors (Lipinski definition) is 1. The molecule has 0 spiro atoms. The molecule has 0 aliphatic carbocycles. The molecule has 78 valence electrons. The van der Waals surface area contributed by atoms with E-state index in [1.807, 2.05) is 19.1 Å². The molecule has 14 heavy (non-hydrogen) atoms. The summed E-state index contributed by atoms with van der Waals surface area (Å²) < 4.78 is 5.76. The normalized spacial score (nSPS) is 15.1. The molecular formula is C11H18N2O. The van der Waals surface area contributed by atoms with Gasteiger partial charge in [-0.05, 0) is 31.0 Å². The molecule has 0 aliphatic heterocycles. The van der Waals surface area contributed by atoms with Crippen LogP contribution in [0.5, 0.6) is 0 Å². The van der Waals surface area contributed by atoms with Gasteiger partial charge >= 0.3 is 0 Å². The Morgan fingerprint density at radius 2 is 2.07 bits per heavy atom. The van der Waals surface area contributed by atoms with E-state index in [4.69, 9.17) is 10.5 Å². The molecule has 0 aromatic carbocycles. The second kappa shape index (κ2) is 5.08. The maximum atomic E-state index is 5.76. The summed E-state index contributed by atoms with van der Waals surface area (Å²) in [4.78, 5) is 3.95. The van der Waals surface area contributed by atoms with Crippen molar-refractivity contribution < 1.29 is 4.74 Å². The van der Waals surface area contributed by atoms with Crippen molar-refractivity contribution >= 4 is 0 Å². The Kier molecular flexibility index (Phi) is 4.04. The molecule has 1 rings (SSSR count). The van der Waals surface area contributed by atoms with E-state index in [1.54, 1.807) is 12.4 Å². The van der Waals surface area contributed by atoms with Gasteiger partial charge in [0.25, 0.3) is 0 Å². The lowest BCUT2D eigenvalue weighted by atomic mass is 10.0. The fraction of sp³-hybridized carbons (Fsp3) is 0.545. The first kappa shape index (κ1) is 11.1. The Balaban J connectivity index is 2.48. The minimum atomic E-state index is -0.205. The van der Waals surface area contributed by atoms with Crippen molar-refractivity contribution in [2.24, 2.45) is 5.73 Å². The van der Waals surface area contributed by atoms with Crippen LogP contribution in [0.3, 0.4) is 0 Å². The zero-order valence-corrected chi connectivity index (χ0v) is 8.86. The van der Waals surface area contributed by atoms with Crippen molar-refractivity contribution in [2.75, 3.05) is 6.54 Å². The number of nitrogens with zero attached hydrogens (tertiary/aromatic N) is 1. The van der Waals surface area contributed by atoms with Gasteiger partial charge in [0, 0.05) is 18.9 Å². The third-order valence-electron chi connectivity index (χ3n) is 2.52. The first-order chi connectivity index (χ1) is 6.70. The maximum absolute atomic E-state index is 5.76. The molecule has 3 nitrogen and oxygen atoms in total. The fourth-order valence-corrected chi connectivity index (χ4v) is 1.04. The van der Waals surface area contributed by atoms with Crippen LogP contribution in [-0.2, 0) is 11.3 Å². The predicted molar refractivity (Wildman–Crippen MR) is 56.8 cm³/mol. The van der Waals surface area contributed by atoms with Crippen LogP contribution >= 0.6 is 0 Å². The van der Waals surface area contributed by atoms with Crippen molar-refractivity contribution in [3.05, 3.63) is 30.1 Å². The Labute approximate surface area is 85.3 Å². The van der Waals surface area contributed by atoms with E-state index in [2.05, 4.69) is 11.9 Å². The molecule has 0 bridgehead atoms. The van der Waals surface area contributed by atoms with Crippen LogP contribution in [0.15, 0.2) is 24.5 Å². The van der Waals surface area contributed by atoms with E-state index in [1.165, 1.54) is 0 Å². The monoisotopic (exact) mass is 194 g/mol. The molecule has 0 radical (unpaired) electrons. The van der Waals surface area contributed by atoms with Gasteiger partial charge in [-0.25, -0.2) is 0 Å². The Morgan fingerprint density at radius 1 is 1.43 bits per heavy atom. The van der Waals surface area contributed by atoms with E-state index < -0.39 is 0 Å². The zero-order valence-electron chi connectivity index (χ0n) is 8.86. The molecule has 1 aromatic rings. The molecule has 0 amide bonds. The smallest absolute Gasteiger partial charge is 0.0778 e. The second-order valence-corrected chi connectivity index (χ2v) is 3.65. The molecule has 2 N–H and O–H groups in total. The number of pyridine rings is 1. The lowest BCUT2D eigenvalue weighted by Crippen LogP contribution is -2.36. The second-order valence-electron chi connectivity index (χ2n) is 3.65. The average Bonchev–Trinajstić information content (AvgIpc) is 2.27. The number of nitrogens with two attached hydrogens (primary N) is 1. The van der Waals surface area contributed by atoms with Crippen LogP contribution in [0.1, 0.15) is 25.8 Å². The van der Waals surface area contributed by atoms with Crippen LogP contribution in [0.25, 0.3) is 0 Å². The Morgan fingerprint density at radius 3 is 2.57 bits per heavy atom.